The van der Waals surface area contributed by atoms with E-state index in [0.29, 0.717) is 9.13 Å². The van der Waals surface area contributed by atoms with Crippen LogP contribution in [0, 0.1) is 19.9 Å². The largest absolute Gasteiger partial charge is 0.322 e. The standard InChI is InChI=1S/C14H10FI2NO/c1-8-6-10(16)3-5-13(8)18-14(19)11-4-2-9(15)7-12(11)17/h2-7H,1H3,(H,18,19). The molecular formula is C14H10FI2NO. The number of rotatable bonds is 2. The van der Waals surface area contributed by atoms with Crippen LogP contribution in [0.25, 0.3) is 0 Å². The molecule has 19 heavy (non-hydrogen) atoms. The Kier molecular flexibility index (Phi) is 4.77. The normalized spacial score (nSPS) is 10.3. The van der Waals surface area contributed by atoms with E-state index in [4.69, 9.17) is 0 Å². The van der Waals surface area contributed by atoms with Crippen LogP contribution in [0.5, 0.6) is 0 Å². The van der Waals surface area contributed by atoms with Gasteiger partial charge in [0.1, 0.15) is 5.82 Å². The van der Waals surface area contributed by atoms with Crippen molar-refractivity contribution in [2.75, 3.05) is 5.32 Å². The first-order valence-electron chi connectivity index (χ1n) is 5.50. The molecule has 98 valence electrons. The highest BCUT2D eigenvalue weighted by Gasteiger charge is 2.12. The lowest BCUT2D eigenvalue weighted by atomic mass is 10.1. The lowest BCUT2D eigenvalue weighted by Crippen LogP contribution is -2.14. The van der Waals surface area contributed by atoms with Crippen LogP contribution in [0.4, 0.5) is 10.1 Å². The van der Waals surface area contributed by atoms with Gasteiger partial charge < -0.3 is 5.32 Å². The van der Waals surface area contributed by atoms with Gasteiger partial charge in [0.2, 0.25) is 0 Å². The van der Waals surface area contributed by atoms with Crippen LogP contribution in [0.1, 0.15) is 15.9 Å². The van der Waals surface area contributed by atoms with Crippen LogP contribution in [-0.2, 0) is 0 Å². The minimum atomic E-state index is -0.341. The minimum absolute atomic E-state index is 0.228. The molecule has 2 aromatic carbocycles. The smallest absolute Gasteiger partial charge is 0.256 e. The Labute approximate surface area is 138 Å². The van der Waals surface area contributed by atoms with E-state index < -0.39 is 0 Å². The summed E-state index contributed by atoms with van der Waals surface area (Å²) in [5.41, 5.74) is 2.24. The molecule has 1 N–H and O–H groups in total. The molecule has 2 aromatic rings. The molecule has 0 atom stereocenters. The predicted octanol–water partition coefficient (Wildman–Crippen LogP) is 4.60. The van der Waals surface area contributed by atoms with Crippen molar-refractivity contribution in [2.45, 2.75) is 6.92 Å². The molecule has 0 radical (unpaired) electrons. The summed E-state index contributed by atoms with van der Waals surface area (Å²) in [4.78, 5) is 12.1. The van der Waals surface area contributed by atoms with E-state index in [0.717, 1.165) is 14.8 Å². The first-order chi connectivity index (χ1) is 8.97. The predicted molar refractivity (Wildman–Crippen MR) is 91.0 cm³/mol. The highest BCUT2D eigenvalue weighted by atomic mass is 127. The monoisotopic (exact) mass is 481 g/mol. The van der Waals surface area contributed by atoms with Crippen LogP contribution in [0.15, 0.2) is 36.4 Å². The highest BCUT2D eigenvalue weighted by Crippen LogP contribution is 2.20. The summed E-state index contributed by atoms with van der Waals surface area (Å²) in [6.07, 6.45) is 0. The zero-order chi connectivity index (χ0) is 14.0. The molecule has 2 nitrogen and oxygen atoms in total. The number of nitrogens with one attached hydrogen (secondary N) is 1. The molecular weight excluding hydrogens is 471 g/mol. The summed E-state index contributed by atoms with van der Waals surface area (Å²) in [5, 5.41) is 2.84. The van der Waals surface area contributed by atoms with Crippen molar-refractivity contribution in [3.63, 3.8) is 0 Å². The van der Waals surface area contributed by atoms with Crippen molar-refractivity contribution >= 4 is 56.8 Å². The Morgan fingerprint density at radius 3 is 2.53 bits per heavy atom. The van der Waals surface area contributed by atoms with Crippen LogP contribution in [0.3, 0.4) is 0 Å². The number of carbonyl (C=O) groups excluding carboxylic acids is 1. The maximum atomic E-state index is 13.0. The van der Waals surface area contributed by atoms with Crippen molar-refractivity contribution in [1.82, 2.24) is 0 Å². The van der Waals surface area contributed by atoms with Crippen LogP contribution in [-0.4, -0.2) is 5.91 Å². The zero-order valence-electron chi connectivity index (χ0n) is 10.0. The van der Waals surface area contributed by atoms with Gasteiger partial charge in [-0.05, 0) is 94.1 Å². The van der Waals surface area contributed by atoms with E-state index in [-0.39, 0.29) is 11.7 Å². The molecule has 0 bridgehead atoms. The van der Waals surface area contributed by atoms with Gasteiger partial charge >= 0.3 is 0 Å². The Morgan fingerprint density at radius 2 is 1.89 bits per heavy atom. The number of carbonyl (C=O) groups is 1. The van der Waals surface area contributed by atoms with E-state index >= 15 is 0 Å². The van der Waals surface area contributed by atoms with E-state index in [1.54, 1.807) is 0 Å². The number of hydrogen-bond acceptors (Lipinski definition) is 1. The summed E-state index contributed by atoms with van der Waals surface area (Å²) in [5.74, 6) is -0.569. The van der Waals surface area contributed by atoms with Crippen molar-refractivity contribution < 1.29 is 9.18 Å². The number of benzene rings is 2. The second kappa shape index (κ2) is 6.17. The third-order valence-corrected chi connectivity index (χ3v) is 4.18. The molecule has 0 fully saturated rings. The van der Waals surface area contributed by atoms with Crippen LogP contribution in [0.2, 0.25) is 0 Å². The van der Waals surface area contributed by atoms with Gasteiger partial charge in [0.25, 0.3) is 5.91 Å². The second-order valence-electron chi connectivity index (χ2n) is 4.04. The first kappa shape index (κ1) is 14.7. The summed E-state index contributed by atoms with van der Waals surface area (Å²) in [6, 6.07) is 9.92. The molecule has 1 amide bonds. The van der Waals surface area contributed by atoms with E-state index in [1.807, 2.05) is 47.7 Å². The Morgan fingerprint density at radius 1 is 1.16 bits per heavy atom. The average Bonchev–Trinajstić information content (AvgIpc) is 2.32. The molecule has 2 rings (SSSR count). The molecule has 0 aliphatic rings. The van der Waals surface area contributed by atoms with Gasteiger partial charge in [0, 0.05) is 12.8 Å². The van der Waals surface area contributed by atoms with E-state index in [1.165, 1.54) is 18.2 Å². The number of amides is 1. The van der Waals surface area contributed by atoms with Crippen molar-refractivity contribution in [3.05, 3.63) is 60.5 Å². The maximum absolute atomic E-state index is 13.0. The van der Waals surface area contributed by atoms with E-state index in [9.17, 15) is 9.18 Å². The number of hydrogen-bond donors (Lipinski definition) is 1. The molecule has 0 heterocycles. The van der Waals surface area contributed by atoms with E-state index in [2.05, 4.69) is 27.9 Å². The number of anilines is 1. The topological polar surface area (TPSA) is 29.1 Å². The SMILES string of the molecule is Cc1cc(I)ccc1NC(=O)c1ccc(F)cc1I. The van der Waals surface area contributed by atoms with Crippen molar-refractivity contribution in [3.8, 4) is 0 Å². The summed E-state index contributed by atoms with van der Waals surface area (Å²) in [6.45, 7) is 1.94. The molecule has 0 saturated heterocycles. The number of aryl methyl sites for hydroxylation is 1. The van der Waals surface area contributed by atoms with Gasteiger partial charge in [0.15, 0.2) is 0 Å². The fourth-order valence-electron chi connectivity index (χ4n) is 1.63. The molecule has 0 saturated carbocycles. The average molecular weight is 481 g/mol. The molecule has 0 spiro atoms. The van der Waals surface area contributed by atoms with Gasteiger partial charge in [-0.1, -0.05) is 0 Å². The van der Waals surface area contributed by atoms with Gasteiger partial charge in [0.05, 0.1) is 5.56 Å². The molecule has 0 aliphatic carbocycles. The quantitative estimate of drug-likeness (QED) is 0.625. The number of halogens is 3. The van der Waals surface area contributed by atoms with Crippen LogP contribution >= 0.6 is 45.2 Å². The fraction of sp³-hybridized carbons (Fsp3) is 0.0714. The second-order valence-corrected chi connectivity index (χ2v) is 6.45. The molecule has 5 heteroatoms. The van der Waals surface area contributed by atoms with Gasteiger partial charge in [-0.15, -0.1) is 0 Å². The Balaban J connectivity index is 2.25. The molecule has 0 unspecified atom stereocenters. The lowest BCUT2D eigenvalue weighted by molar-refractivity contribution is 0.102. The van der Waals surface area contributed by atoms with Crippen molar-refractivity contribution in [1.29, 1.82) is 0 Å². The third-order valence-electron chi connectivity index (χ3n) is 2.61. The van der Waals surface area contributed by atoms with Gasteiger partial charge in [-0.3, -0.25) is 4.79 Å². The molecule has 0 aromatic heterocycles. The molecule has 0 aliphatic heterocycles. The third kappa shape index (κ3) is 3.65. The fourth-order valence-corrected chi connectivity index (χ4v) is 3.00. The minimum Gasteiger partial charge on any atom is -0.322 e. The Hall–Kier alpha value is -0.700. The zero-order valence-corrected chi connectivity index (χ0v) is 14.3. The summed E-state index contributed by atoms with van der Waals surface area (Å²) < 4.78 is 14.7. The maximum Gasteiger partial charge on any atom is 0.256 e. The van der Waals surface area contributed by atoms with Gasteiger partial charge in [-0.25, -0.2) is 4.39 Å². The van der Waals surface area contributed by atoms with Gasteiger partial charge in [-0.2, -0.15) is 0 Å². The highest BCUT2D eigenvalue weighted by molar-refractivity contribution is 14.1. The van der Waals surface area contributed by atoms with Crippen LogP contribution < -0.4 is 5.32 Å². The first-order valence-corrected chi connectivity index (χ1v) is 7.65. The Bertz CT molecular complexity index is 643. The summed E-state index contributed by atoms with van der Waals surface area (Å²) >= 11 is 4.18. The summed E-state index contributed by atoms with van der Waals surface area (Å²) in [7, 11) is 0. The lowest BCUT2D eigenvalue weighted by Gasteiger charge is -2.10. The van der Waals surface area contributed by atoms with Crippen molar-refractivity contribution in [2.24, 2.45) is 0 Å².